The van der Waals surface area contributed by atoms with Gasteiger partial charge in [-0.15, -0.1) is 0 Å². The molecule has 0 radical (unpaired) electrons. The molecule has 132 valence electrons. The molecule has 26 heavy (non-hydrogen) atoms. The van der Waals surface area contributed by atoms with Crippen molar-refractivity contribution in [2.45, 2.75) is 19.3 Å². The van der Waals surface area contributed by atoms with Crippen molar-refractivity contribution in [3.05, 3.63) is 65.7 Å². The van der Waals surface area contributed by atoms with Gasteiger partial charge in [0.25, 0.3) is 11.8 Å². The maximum atomic E-state index is 12.1. The lowest BCUT2D eigenvalue weighted by Crippen LogP contribution is -2.32. The van der Waals surface area contributed by atoms with Crippen LogP contribution in [0.4, 0.5) is 0 Å². The second-order valence-corrected chi connectivity index (χ2v) is 5.55. The number of hydrogen-bond acceptors (Lipinski definition) is 6. The van der Waals surface area contributed by atoms with Gasteiger partial charge in [-0.1, -0.05) is 35.4 Å². The van der Waals surface area contributed by atoms with Crippen molar-refractivity contribution in [1.82, 2.24) is 5.06 Å². The van der Waals surface area contributed by atoms with E-state index >= 15 is 0 Å². The van der Waals surface area contributed by atoms with Crippen molar-refractivity contribution in [3.63, 3.8) is 0 Å². The number of amides is 2. The fourth-order valence-corrected chi connectivity index (χ4v) is 2.45. The smallest absolute Gasteiger partial charge is 0.333 e. The lowest BCUT2D eigenvalue weighted by atomic mass is 10.1. The number of esters is 1. The molecule has 0 aliphatic carbocycles. The van der Waals surface area contributed by atoms with Crippen LogP contribution in [0, 0.1) is 0 Å². The van der Waals surface area contributed by atoms with Crippen molar-refractivity contribution in [2.24, 2.45) is 0 Å². The van der Waals surface area contributed by atoms with Crippen LogP contribution in [-0.2, 0) is 14.4 Å². The van der Waals surface area contributed by atoms with Gasteiger partial charge in [0.2, 0.25) is 0 Å². The zero-order valence-electron chi connectivity index (χ0n) is 13.7. The number of para-hydroxylation sites is 1. The van der Waals surface area contributed by atoms with Crippen molar-refractivity contribution in [1.29, 1.82) is 0 Å². The highest BCUT2D eigenvalue weighted by atomic mass is 16.7. The highest BCUT2D eigenvalue weighted by molar-refractivity contribution is 6.20. The topological polar surface area (TPSA) is 90.0 Å². The summed E-state index contributed by atoms with van der Waals surface area (Å²) in [7, 11) is 0. The summed E-state index contributed by atoms with van der Waals surface area (Å²) in [6.45, 7) is 0. The Morgan fingerprint density at radius 1 is 0.769 bits per heavy atom. The minimum absolute atomic E-state index is 0.00606. The van der Waals surface area contributed by atoms with Crippen LogP contribution in [0.3, 0.4) is 0 Å². The molecular formula is C19H15NO6. The lowest BCUT2D eigenvalue weighted by Gasteiger charge is -2.12. The number of nitrogens with zero attached hydrogens (tertiary/aromatic N) is 1. The third-order valence-corrected chi connectivity index (χ3v) is 3.69. The van der Waals surface area contributed by atoms with Gasteiger partial charge in [0, 0.05) is 12.8 Å². The van der Waals surface area contributed by atoms with Gasteiger partial charge in [0.1, 0.15) is 5.75 Å². The van der Waals surface area contributed by atoms with E-state index in [1.54, 1.807) is 42.5 Å². The standard InChI is InChI=1S/C19H15NO6/c21-16(25-13-7-2-1-3-8-13)11-6-12-17(22)26-20-18(23)14-9-4-5-10-15(14)19(20)24/h1-5,7-10H,6,11-12H2. The van der Waals surface area contributed by atoms with E-state index in [4.69, 9.17) is 9.57 Å². The SMILES string of the molecule is O=C(CCCC(=O)ON1C(=O)c2ccccc2C1=O)Oc1ccccc1. The van der Waals surface area contributed by atoms with E-state index in [9.17, 15) is 19.2 Å². The van der Waals surface area contributed by atoms with Crippen LogP contribution in [0.2, 0.25) is 0 Å². The molecule has 1 aliphatic heterocycles. The number of hydroxylamine groups is 2. The molecule has 0 unspecified atom stereocenters. The molecule has 0 saturated heterocycles. The summed E-state index contributed by atoms with van der Waals surface area (Å²) in [4.78, 5) is 52.6. The predicted molar refractivity (Wildman–Crippen MR) is 89.0 cm³/mol. The summed E-state index contributed by atoms with van der Waals surface area (Å²) in [5.74, 6) is -2.19. The Hall–Kier alpha value is -3.48. The van der Waals surface area contributed by atoms with E-state index in [1.165, 1.54) is 12.1 Å². The second kappa shape index (κ2) is 7.60. The number of carbonyl (C=O) groups excluding carboxylic acids is 4. The van der Waals surface area contributed by atoms with Gasteiger partial charge in [-0.05, 0) is 30.7 Å². The molecule has 0 N–H and O–H groups in total. The van der Waals surface area contributed by atoms with E-state index in [0.29, 0.717) is 10.8 Å². The maximum Gasteiger partial charge on any atom is 0.333 e. The van der Waals surface area contributed by atoms with E-state index in [1.807, 2.05) is 0 Å². The lowest BCUT2D eigenvalue weighted by molar-refractivity contribution is -0.168. The zero-order chi connectivity index (χ0) is 18.5. The van der Waals surface area contributed by atoms with E-state index < -0.39 is 23.8 Å². The molecule has 0 atom stereocenters. The number of fused-ring (bicyclic) bond motifs is 1. The number of imide groups is 1. The van der Waals surface area contributed by atoms with Crippen molar-refractivity contribution < 1.29 is 28.8 Å². The van der Waals surface area contributed by atoms with Gasteiger partial charge in [-0.3, -0.25) is 14.4 Å². The minimum atomic E-state index is -0.771. The summed E-state index contributed by atoms with van der Waals surface area (Å²) in [6, 6.07) is 14.8. The van der Waals surface area contributed by atoms with Crippen LogP contribution in [0.5, 0.6) is 5.75 Å². The van der Waals surface area contributed by atoms with Gasteiger partial charge in [-0.25, -0.2) is 4.79 Å². The first-order valence-electron chi connectivity index (χ1n) is 8.00. The fraction of sp³-hybridized carbons (Fsp3) is 0.158. The number of hydrogen-bond donors (Lipinski definition) is 0. The van der Waals surface area contributed by atoms with Gasteiger partial charge in [0.05, 0.1) is 11.1 Å². The molecule has 2 aromatic carbocycles. The van der Waals surface area contributed by atoms with Crippen LogP contribution in [-0.4, -0.2) is 28.8 Å². The third-order valence-electron chi connectivity index (χ3n) is 3.69. The number of benzene rings is 2. The van der Waals surface area contributed by atoms with Crippen LogP contribution < -0.4 is 4.74 Å². The molecule has 1 aliphatic rings. The quantitative estimate of drug-likeness (QED) is 0.450. The van der Waals surface area contributed by atoms with Crippen LogP contribution in [0.15, 0.2) is 54.6 Å². The monoisotopic (exact) mass is 353 g/mol. The second-order valence-electron chi connectivity index (χ2n) is 5.55. The highest BCUT2D eigenvalue weighted by Gasteiger charge is 2.38. The Morgan fingerprint density at radius 3 is 1.92 bits per heavy atom. The number of carbonyl (C=O) groups is 4. The molecule has 2 amide bonds. The molecule has 0 spiro atoms. The number of ether oxygens (including phenoxy) is 1. The van der Waals surface area contributed by atoms with Crippen LogP contribution in [0.1, 0.15) is 40.0 Å². The molecular weight excluding hydrogens is 338 g/mol. The Labute approximate surface area is 149 Å². The average molecular weight is 353 g/mol. The summed E-state index contributed by atoms with van der Waals surface area (Å²) < 4.78 is 5.10. The molecule has 3 rings (SSSR count). The summed E-state index contributed by atoms with van der Waals surface area (Å²) in [5, 5.41) is 0.454. The highest BCUT2D eigenvalue weighted by Crippen LogP contribution is 2.23. The largest absolute Gasteiger partial charge is 0.427 e. The van der Waals surface area contributed by atoms with Gasteiger partial charge >= 0.3 is 11.9 Å². The molecule has 7 heteroatoms. The Kier molecular flexibility index (Phi) is 5.07. The first-order chi connectivity index (χ1) is 12.6. The van der Waals surface area contributed by atoms with Crippen molar-refractivity contribution in [2.75, 3.05) is 0 Å². The summed E-state index contributed by atoms with van der Waals surface area (Å²) in [5.41, 5.74) is 0.383. The van der Waals surface area contributed by atoms with Crippen LogP contribution in [0.25, 0.3) is 0 Å². The van der Waals surface area contributed by atoms with E-state index in [2.05, 4.69) is 0 Å². The maximum absolute atomic E-state index is 12.1. The van der Waals surface area contributed by atoms with Crippen molar-refractivity contribution in [3.8, 4) is 5.75 Å². The minimum Gasteiger partial charge on any atom is -0.427 e. The summed E-state index contributed by atoms with van der Waals surface area (Å²) >= 11 is 0. The Morgan fingerprint density at radius 2 is 1.31 bits per heavy atom. The van der Waals surface area contributed by atoms with Gasteiger partial charge < -0.3 is 9.57 Å². The Balaban J connectivity index is 1.46. The summed E-state index contributed by atoms with van der Waals surface area (Å²) in [6.07, 6.45) is 0.0527. The third kappa shape index (κ3) is 3.77. The predicted octanol–water partition coefficient (Wildman–Crippen LogP) is 2.52. The van der Waals surface area contributed by atoms with Crippen LogP contribution >= 0.6 is 0 Å². The molecule has 0 saturated carbocycles. The van der Waals surface area contributed by atoms with Crippen molar-refractivity contribution >= 4 is 23.8 Å². The fourth-order valence-electron chi connectivity index (χ4n) is 2.45. The molecule has 2 aromatic rings. The average Bonchev–Trinajstić information content (AvgIpc) is 2.88. The first kappa shape index (κ1) is 17.3. The Bertz CT molecular complexity index is 826. The van der Waals surface area contributed by atoms with E-state index in [-0.39, 0.29) is 30.4 Å². The van der Waals surface area contributed by atoms with Gasteiger partial charge in [-0.2, -0.15) is 0 Å². The normalized spacial score (nSPS) is 12.7. The molecule has 0 aromatic heterocycles. The molecule has 0 fully saturated rings. The zero-order valence-corrected chi connectivity index (χ0v) is 13.7. The molecule has 1 heterocycles. The van der Waals surface area contributed by atoms with Gasteiger partial charge in [0.15, 0.2) is 0 Å². The molecule has 7 nitrogen and oxygen atoms in total. The van der Waals surface area contributed by atoms with E-state index in [0.717, 1.165) is 0 Å². The molecule has 0 bridgehead atoms. The first-order valence-corrected chi connectivity index (χ1v) is 8.00. The number of rotatable bonds is 6.